The minimum atomic E-state index is -0.272. The number of esters is 2. The second kappa shape index (κ2) is 18.2. The molecule has 0 aliphatic carbocycles. The molecule has 1 atom stereocenters. The monoisotopic (exact) mass is 368 g/mol. The zero-order valence-electron chi connectivity index (χ0n) is 17.7. The number of unbranched alkanes of at least 4 members (excludes halogenated alkanes) is 4. The summed E-state index contributed by atoms with van der Waals surface area (Å²) in [6.45, 7) is 17.9. The lowest BCUT2D eigenvalue weighted by atomic mass is 10.0. The second-order valence-corrected chi connectivity index (χ2v) is 6.77. The summed E-state index contributed by atoms with van der Waals surface area (Å²) in [5, 5.41) is 0. The summed E-state index contributed by atoms with van der Waals surface area (Å²) in [7, 11) is 0. The maximum atomic E-state index is 11.1. The molecule has 0 aromatic heterocycles. The molecule has 1 unspecified atom stereocenters. The molecule has 152 valence electrons. The van der Waals surface area contributed by atoms with Crippen molar-refractivity contribution in [3.05, 3.63) is 24.3 Å². The third kappa shape index (κ3) is 17.2. The smallest absolute Gasteiger partial charge is 0.333 e. The summed E-state index contributed by atoms with van der Waals surface area (Å²) in [5.74, 6) is -0.0234. The van der Waals surface area contributed by atoms with Crippen molar-refractivity contribution in [2.75, 3.05) is 13.2 Å². The maximum absolute atomic E-state index is 11.1. The third-order valence-electron chi connectivity index (χ3n) is 3.92. The summed E-state index contributed by atoms with van der Waals surface area (Å²) in [4.78, 5) is 22.0. The van der Waals surface area contributed by atoms with E-state index < -0.39 is 0 Å². The van der Waals surface area contributed by atoms with E-state index in [1.807, 2.05) is 0 Å². The Morgan fingerprint density at radius 2 is 1.35 bits per heavy atom. The van der Waals surface area contributed by atoms with Crippen LogP contribution in [0.5, 0.6) is 0 Å². The van der Waals surface area contributed by atoms with Crippen molar-refractivity contribution in [1.82, 2.24) is 0 Å². The van der Waals surface area contributed by atoms with Crippen LogP contribution in [0, 0.1) is 5.92 Å². The van der Waals surface area contributed by atoms with Crippen LogP contribution in [0.25, 0.3) is 0 Å². The van der Waals surface area contributed by atoms with Gasteiger partial charge in [-0.25, -0.2) is 9.59 Å². The molecule has 0 saturated carbocycles. The molecule has 0 N–H and O–H groups in total. The van der Waals surface area contributed by atoms with Crippen LogP contribution in [0.15, 0.2) is 24.3 Å². The van der Waals surface area contributed by atoms with Crippen molar-refractivity contribution in [3.8, 4) is 0 Å². The number of hydrogen-bond acceptors (Lipinski definition) is 4. The lowest BCUT2D eigenvalue weighted by molar-refractivity contribution is -0.140. The predicted molar refractivity (Wildman–Crippen MR) is 109 cm³/mol. The van der Waals surface area contributed by atoms with Gasteiger partial charge in [0.05, 0.1) is 13.2 Å². The number of ether oxygens (including phenoxy) is 2. The molecular weight excluding hydrogens is 328 g/mol. The van der Waals surface area contributed by atoms with Crippen molar-refractivity contribution in [2.45, 2.75) is 86.0 Å². The van der Waals surface area contributed by atoms with E-state index in [2.05, 4.69) is 33.9 Å². The first kappa shape index (κ1) is 26.6. The molecule has 4 nitrogen and oxygen atoms in total. The van der Waals surface area contributed by atoms with Gasteiger partial charge in [-0.1, -0.05) is 72.5 Å². The standard InChI is InChI=1S/C12H22O2.C10H18O2/c1-5-7-8-11(6-2)9-14-12(13)10(3)4;1-4-5-6-7-8-12-10(11)9(2)3/h11H,3,5-9H2,1-2,4H3;2,4-8H2,1,3H3. The normalized spacial score (nSPS) is 11.0. The van der Waals surface area contributed by atoms with Gasteiger partial charge < -0.3 is 9.47 Å². The zero-order chi connectivity index (χ0) is 20.4. The van der Waals surface area contributed by atoms with Gasteiger partial charge in [0.25, 0.3) is 0 Å². The molecule has 0 rings (SSSR count). The van der Waals surface area contributed by atoms with Gasteiger partial charge in [0.1, 0.15) is 0 Å². The van der Waals surface area contributed by atoms with Crippen LogP contribution in [-0.4, -0.2) is 25.2 Å². The van der Waals surface area contributed by atoms with E-state index in [0.717, 1.165) is 25.7 Å². The Hall–Kier alpha value is -1.58. The molecule has 0 bridgehead atoms. The summed E-state index contributed by atoms with van der Waals surface area (Å²) in [6, 6.07) is 0. The zero-order valence-corrected chi connectivity index (χ0v) is 17.7. The van der Waals surface area contributed by atoms with Crippen LogP contribution in [0.1, 0.15) is 86.0 Å². The molecule has 0 heterocycles. The van der Waals surface area contributed by atoms with Crippen molar-refractivity contribution in [1.29, 1.82) is 0 Å². The van der Waals surface area contributed by atoms with E-state index in [9.17, 15) is 9.59 Å². The fourth-order valence-corrected chi connectivity index (χ4v) is 2.03. The molecule has 0 aromatic rings. The lowest BCUT2D eigenvalue weighted by Crippen LogP contribution is -2.14. The quantitative estimate of drug-likeness (QED) is 0.227. The Labute approximate surface area is 161 Å². The van der Waals surface area contributed by atoms with E-state index in [1.165, 1.54) is 25.7 Å². The first-order chi connectivity index (χ1) is 12.3. The summed E-state index contributed by atoms with van der Waals surface area (Å²) in [5.41, 5.74) is 0.959. The Kier molecular flexibility index (Phi) is 18.7. The largest absolute Gasteiger partial charge is 0.462 e. The lowest BCUT2D eigenvalue weighted by Gasteiger charge is -2.14. The van der Waals surface area contributed by atoms with E-state index in [0.29, 0.717) is 30.3 Å². The first-order valence-corrected chi connectivity index (χ1v) is 9.95. The van der Waals surface area contributed by atoms with Crippen LogP contribution in [0.2, 0.25) is 0 Å². The molecule has 0 amide bonds. The molecule has 0 radical (unpaired) electrons. The highest BCUT2D eigenvalue weighted by Crippen LogP contribution is 2.13. The average Bonchev–Trinajstić information content (AvgIpc) is 2.61. The van der Waals surface area contributed by atoms with E-state index in [1.54, 1.807) is 13.8 Å². The molecule has 26 heavy (non-hydrogen) atoms. The summed E-state index contributed by atoms with van der Waals surface area (Å²) >= 11 is 0. The highest BCUT2D eigenvalue weighted by Gasteiger charge is 2.09. The third-order valence-corrected chi connectivity index (χ3v) is 3.92. The van der Waals surface area contributed by atoms with E-state index in [4.69, 9.17) is 9.47 Å². The van der Waals surface area contributed by atoms with Gasteiger partial charge in [-0.2, -0.15) is 0 Å². The SMILES string of the molecule is C=C(C)C(=O)OCC(CC)CCCC.C=C(C)C(=O)OCCCCCC. The van der Waals surface area contributed by atoms with Gasteiger partial charge in [0.2, 0.25) is 0 Å². The van der Waals surface area contributed by atoms with Gasteiger partial charge in [-0.05, 0) is 32.6 Å². The average molecular weight is 369 g/mol. The summed E-state index contributed by atoms with van der Waals surface area (Å²) < 4.78 is 10.0. The van der Waals surface area contributed by atoms with Crippen molar-refractivity contribution in [2.24, 2.45) is 5.92 Å². The molecule has 0 aliphatic heterocycles. The predicted octanol–water partition coefficient (Wildman–Crippen LogP) is 6.01. The number of carbonyl (C=O) groups excluding carboxylic acids is 2. The molecule has 0 saturated heterocycles. The van der Waals surface area contributed by atoms with Gasteiger partial charge >= 0.3 is 11.9 Å². The van der Waals surface area contributed by atoms with Crippen molar-refractivity contribution < 1.29 is 19.1 Å². The topological polar surface area (TPSA) is 52.6 Å². The van der Waals surface area contributed by atoms with E-state index in [-0.39, 0.29) is 11.9 Å². The molecule has 0 aromatic carbocycles. The fourth-order valence-electron chi connectivity index (χ4n) is 2.03. The Bertz CT molecular complexity index is 412. The highest BCUT2D eigenvalue weighted by molar-refractivity contribution is 5.87. The number of rotatable bonds is 13. The van der Waals surface area contributed by atoms with Crippen LogP contribution in [0.3, 0.4) is 0 Å². The van der Waals surface area contributed by atoms with Crippen LogP contribution in [0.4, 0.5) is 0 Å². The maximum Gasteiger partial charge on any atom is 0.333 e. The molecular formula is C22H40O4. The Morgan fingerprint density at radius 3 is 1.81 bits per heavy atom. The fraction of sp³-hybridized carbons (Fsp3) is 0.727. The van der Waals surface area contributed by atoms with Crippen LogP contribution >= 0.6 is 0 Å². The highest BCUT2D eigenvalue weighted by atomic mass is 16.5. The first-order valence-electron chi connectivity index (χ1n) is 9.95. The van der Waals surface area contributed by atoms with Crippen molar-refractivity contribution >= 4 is 11.9 Å². The number of carbonyl (C=O) groups is 2. The number of hydrogen-bond donors (Lipinski definition) is 0. The van der Waals surface area contributed by atoms with Gasteiger partial charge in [0.15, 0.2) is 0 Å². The Morgan fingerprint density at radius 1 is 0.808 bits per heavy atom. The minimum Gasteiger partial charge on any atom is -0.462 e. The summed E-state index contributed by atoms with van der Waals surface area (Å²) in [6.07, 6.45) is 9.15. The van der Waals surface area contributed by atoms with E-state index >= 15 is 0 Å². The second-order valence-electron chi connectivity index (χ2n) is 6.77. The van der Waals surface area contributed by atoms with Gasteiger partial charge in [-0.15, -0.1) is 0 Å². The molecule has 4 heteroatoms. The van der Waals surface area contributed by atoms with Crippen molar-refractivity contribution in [3.63, 3.8) is 0 Å². The van der Waals surface area contributed by atoms with Gasteiger partial charge in [-0.3, -0.25) is 0 Å². The molecule has 0 aliphatic rings. The van der Waals surface area contributed by atoms with Crippen LogP contribution < -0.4 is 0 Å². The molecule has 0 spiro atoms. The minimum absolute atomic E-state index is 0.264. The molecule has 0 fully saturated rings. The van der Waals surface area contributed by atoms with Crippen LogP contribution in [-0.2, 0) is 19.1 Å². The Balaban J connectivity index is 0. The van der Waals surface area contributed by atoms with Gasteiger partial charge in [0, 0.05) is 11.1 Å².